The van der Waals surface area contributed by atoms with Gasteiger partial charge in [-0.3, -0.25) is 0 Å². The third kappa shape index (κ3) is 3.45. The predicted octanol–water partition coefficient (Wildman–Crippen LogP) is 1.48. The fraction of sp³-hybridized carbons (Fsp3) is 0.846. The van der Waals surface area contributed by atoms with Crippen molar-refractivity contribution in [3.63, 3.8) is 0 Å². The molecule has 0 aromatic carbocycles. The fourth-order valence-corrected chi connectivity index (χ4v) is 2.58. The van der Waals surface area contributed by atoms with Gasteiger partial charge in [-0.05, 0) is 26.8 Å². The molecule has 108 valence electrons. The summed E-state index contributed by atoms with van der Waals surface area (Å²) in [7, 11) is 1.86. The highest BCUT2D eigenvalue weighted by atomic mass is 16.4. The van der Waals surface area contributed by atoms with Crippen molar-refractivity contribution in [2.45, 2.75) is 51.1 Å². The number of anilines is 1. The Morgan fingerprint density at radius 1 is 1.37 bits per heavy atom. The van der Waals surface area contributed by atoms with Crippen LogP contribution in [0.4, 0.5) is 6.01 Å². The van der Waals surface area contributed by atoms with Gasteiger partial charge < -0.3 is 19.7 Å². The van der Waals surface area contributed by atoms with Gasteiger partial charge in [0.15, 0.2) is 0 Å². The summed E-state index contributed by atoms with van der Waals surface area (Å²) in [4.78, 5) is 2.07. The van der Waals surface area contributed by atoms with Gasteiger partial charge in [0.1, 0.15) is 0 Å². The average molecular weight is 268 g/mol. The quantitative estimate of drug-likeness (QED) is 0.814. The van der Waals surface area contributed by atoms with E-state index in [0.29, 0.717) is 24.5 Å². The average Bonchev–Trinajstić information content (AvgIpc) is 2.94. The molecule has 1 aliphatic rings. The largest absolute Gasteiger partial charge is 0.406 e. The van der Waals surface area contributed by atoms with Gasteiger partial charge in [-0.1, -0.05) is 24.4 Å². The Balaban J connectivity index is 2.11. The van der Waals surface area contributed by atoms with Crippen molar-refractivity contribution in [2.24, 2.45) is 0 Å². The molecule has 1 unspecified atom stereocenters. The monoisotopic (exact) mass is 268 g/mol. The summed E-state index contributed by atoms with van der Waals surface area (Å²) >= 11 is 0. The number of hydrogen-bond donors (Lipinski definition) is 2. The molecule has 0 spiro atoms. The minimum absolute atomic E-state index is 0.0450. The topological polar surface area (TPSA) is 74.4 Å². The van der Waals surface area contributed by atoms with Crippen LogP contribution in [0.3, 0.4) is 0 Å². The van der Waals surface area contributed by atoms with Crippen LogP contribution in [0.2, 0.25) is 0 Å². The normalized spacial score (nSPS) is 18.5. The summed E-state index contributed by atoms with van der Waals surface area (Å²) in [5.74, 6) is 0.594. The van der Waals surface area contributed by atoms with E-state index in [1.807, 2.05) is 14.0 Å². The highest BCUT2D eigenvalue weighted by Crippen LogP contribution is 2.27. The lowest BCUT2D eigenvalue weighted by molar-refractivity contribution is 0.282. The van der Waals surface area contributed by atoms with Gasteiger partial charge in [-0.15, -0.1) is 5.10 Å². The lowest BCUT2D eigenvalue weighted by Gasteiger charge is -2.32. The molecular formula is C13H24N4O2. The van der Waals surface area contributed by atoms with Gasteiger partial charge in [0.05, 0.1) is 12.6 Å². The predicted molar refractivity (Wildman–Crippen MR) is 73.1 cm³/mol. The number of hydrogen-bond acceptors (Lipinski definition) is 6. The maximum Gasteiger partial charge on any atom is 0.318 e. The molecule has 1 aliphatic carbocycles. The van der Waals surface area contributed by atoms with Crippen LogP contribution in [-0.2, 0) is 0 Å². The molecule has 19 heavy (non-hydrogen) atoms. The van der Waals surface area contributed by atoms with Crippen molar-refractivity contribution in [3.05, 3.63) is 5.89 Å². The van der Waals surface area contributed by atoms with Crippen molar-refractivity contribution < 1.29 is 9.52 Å². The van der Waals surface area contributed by atoms with Gasteiger partial charge in [-0.25, -0.2) is 0 Å². The maximum absolute atomic E-state index is 9.25. The number of aliphatic hydroxyl groups is 1. The van der Waals surface area contributed by atoms with Crippen LogP contribution in [-0.4, -0.2) is 41.5 Å². The van der Waals surface area contributed by atoms with E-state index in [1.54, 1.807) is 0 Å². The van der Waals surface area contributed by atoms with Gasteiger partial charge in [0, 0.05) is 12.6 Å². The van der Waals surface area contributed by atoms with E-state index in [1.165, 1.54) is 19.3 Å². The zero-order chi connectivity index (χ0) is 13.7. The molecule has 1 atom stereocenters. The summed E-state index contributed by atoms with van der Waals surface area (Å²) in [6.07, 6.45) is 6.05. The van der Waals surface area contributed by atoms with E-state index in [0.717, 1.165) is 12.8 Å². The molecule has 6 heteroatoms. The first kappa shape index (κ1) is 14.3. The van der Waals surface area contributed by atoms with Crippen LogP contribution >= 0.6 is 0 Å². The van der Waals surface area contributed by atoms with Crippen molar-refractivity contribution in [2.75, 3.05) is 25.1 Å². The van der Waals surface area contributed by atoms with Crippen LogP contribution < -0.4 is 10.2 Å². The summed E-state index contributed by atoms with van der Waals surface area (Å²) in [5.41, 5.74) is 0. The second kappa shape index (κ2) is 6.86. The number of nitrogens with zero attached hydrogens (tertiary/aromatic N) is 3. The second-order valence-corrected chi connectivity index (χ2v) is 5.14. The van der Waals surface area contributed by atoms with E-state index < -0.39 is 0 Å². The van der Waals surface area contributed by atoms with E-state index in [9.17, 15) is 5.11 Å². The minimum Gasteiger partial charge on any atom is -0.406 e. The van der Waals surface area contributed by atoms with Crippen molar-refractivity contribution >= 4 is 6.01 Å². The third-order valence-electron chi connectivity index (χ3n) is 3.84. The Morgan fingerprint density at radius 3 is 2.74 bits per heavy atom. The lowest BCUT2D eigenvalue weighted by atomic mass is 9.94. The summed E-state index contributed by atoms with van der Waals surface area (Å²) in [5, 5.41) is 20.5. The van der Waals surface area contributed by atoms with Crippen molar-refractivity contribution in [3.8, 4) is 0 Å². The summed E-state index contributed by atoms with van der Waals surface area (Å²) < 4.78 is 5.73. The van der Waals surface area contributed by atoms with Crippen LogP contribution in [0.15, 0.2) is 4.42 Å². The molecule has 0 amide bonds. The summed E-state index contributed by atoms with van der Waals surface area (Å²) in [6.45, 7) is 2.64. The minimum atomic E-state index is 0.0450. The standard InChI is InChI=1S/C13H24N4O2/c1-10(14-2)12-15-16-13(19-12)17(8-9-18)11-6-4-3-5-7-11/h10-11,14,18H,3-9H2,1-2H3. The van der Waals surface area contributed by atoms with Crippen LogP contribution in [0.5, 0.6) is 0 Å². The Hall–Kier alpha value is -1.14. The SMILES string of the molecule is CNC(C)c1nnc(N(CCO)C2CCCCC2)o1. The zero-order valence-corrected chi connectivity index (χ0v) is 11.8. The van der Waals surface area contributed by atoms with E-state index in [2.05, 4.69) is 20.4 Å². The molecule has 1 fully saturated rings. The molecule has 1 aromatic rings. The molecule has 0 bridgehead atoms. The van der Waals surface area contributed by atoms with E-state index in [-0.39, 0.29) is 12.6 Å². The molecule has 0 aliphatic heterocycles. The molecule has 0 saturated heterocycles. The second-order valence-electron chi connectivity index (χ2n) is 5.14. The van der Waals surface area contributed by atoms with Gasteiger partial charge in [0.25, 0.3) is 0 Å². The smallest absolute Gasteiger partial charge is 0.318 e. The zero-order valence-electron chi connectivity index (χ0n) is 11.8. The lowest BCUT2D eigenvalue weighted by Crippen LogP contribution is -2.39. The number of aliphatic hydroxyl groups excluding tert-OH is 1. The Kier molecular flexibility index (Phi) is 5.15. The van der Waals surface area contributed by atoms with Crippen molar-refractivity contribution in [1.82, 2.24) is 15.5 Å². The van der Waals surface area contributed by atoms with E-state index >= 15 is 0 Å². The van der Waals surface area contributed by atoms with Gasteiger partial charge in [0.2, 0.25) is 5.89 Å². The first-order valence-corrected chi connectivity index (χ1v) is 7.14. The molecule has 1 heterocycles. The molecular weight excluding hydrogens is 244 g/mol. The maximum atomic E-state index is 9.25. The fourth-order valence-electron chi connectivity index (χ4n) is 2.58. The van der Waals surface area contributed by atoms with Crippen LogP contribution in [0.1, 0.15) is 51.0 Å². The summed E-state index contributed by atoms with van der Waals surface area (Å²) in [6, 6.07) is 1.00. The number of rotatable bonds is 6. The third-order valence-corrected chi connectivity index (χ3v) is 3.84. The Bertz CT molecular complexity index is 376. The molecule has 1 saturated carbocycles. The number of nitrogens with one attached hydrogen (secondary N) is 1. The molecule has 2 rings (SSSR count). The highest BCUT2D eigenvalue weighted by molar-refractivity contribution is 5.27. The van der Waals surface area contributed by atoms with Gasteiger partial charge >= 0.3 is 6.01 Å². The van der Waals surface area contributed by atoms with Crippen molar-refractivity contribution in [1.29, 1.82) is 0 Å². The number of aromatic nitrogens is 2. The van der Waals surface area contributed by atoms with E-state index in [4.69, 9.17) is 4.42 Å². The molecule has 2 N–H and O–H groups in total. The Morgan fingerprint density at radius 2 is 2.11 bits per heavy atom. The molecule has 6 nitrogen and oxygen atoms in total. The highest BCUT2D eigenvalue weighted by Gasteiger charge is 2.25. The molecule has 0 radical (unpaired) electrons. The first-order chi connectivity index (χ1) is 9.26. The Labute approximate surface area is 114 Å². The van der Waals surface area contributed by atoms with Crippen LogP contribution in [0.25, 0.3) is 0 Å². The van der Waals surface area contributed by atoms with Crippen LogP contribution in [0, 0.1) is 0 Å². The first-order valence-electron chi connectivity index (χ1n) is 7.14. The van der Waals surface area contributed by atoms with Gasteiger partial charge in [-0.2, -0.15) is 0 Å². The molecule has 1 aromatic heterocycles.